The van der Waals surface area contributed by atoms with Crippen molar-refractivity contribution < 1.29 is 25.8 Å². The number of fused-ring (bicyclic) bond motifs is 3. The minimum Gasteiger partial charge on any atom is -0.358 e. The molecule has 0 amide bonds. The van der Waals surface area contributed by atoms with E-state index in [-0.39, 0.29) is 77.8 Å². The molecule has 2 aliphatic rings. The van der Waals surface area contributed by atoms with Crippen LogP contribution < -0.4 is 0 Å². The maximum Gasteiger partial charge on any atom is 0 e. The Balaban J connectivity index is -0.0000000997. The van der Waals surface area contributed by atoms with Crippen molar-refractivity contribution in [2.75, 3.05) is 0 Å². The summed E-state index contributed by atoms with van der Waals surface area (Å²) in [7, 11) is 0. The summed E-state index contributed by atoms with van der Waals surface area (Å²) in [5, 5.41) is 0. The molecule has 0 aromatic heterocycles. The van der Waals surface area contributed by atoms with Gasteiger partial charge in [-0.25, -0.2) is 17.7 Å². The van der Waals surface area contributed by atoms with Crippen LogP contribution in [0.4, 0.5) is 0 Å². The van der Waals surface area contributed by atoms with Crippen molar-refractivity contribution >= 4 is 5.57 Å². The zero-order valence-electron chi connectivity index (χ0n) is 21.2. The zero-order chi connectivity index (χ0) is 15.2. The third-order valence-corrected chi connectivity index (χ3v) is 4.75. The molecule has 176 valence electrons. The summed E-state index contributed by atoms with van der Waals surface area (Å²) in [4.78, 5) is 0. The monoisotopic (exact) mass is 575 g/mol. The summed E-state index contributed by atoms with van der Waals surface area (Å²) in [6.07, 6.45) is 13.9. The first-order chi connectivity index (χ1) is 10.9. The minimum atomic E-state index is 0. The maximum absolute atomic E-state index is 3.63. The molecule has 0 N–H and O–H groups in total. The third kappa shape index (κ3) is 11.0. The fraction of sp³-hybridized carbons (Fsp3) is 0.310. The summed E-state index contributed by atoms with van der Waals surface area (Å²) >= 11 is 0. The quantitative estimate of drug-likeness (QED) is 0.194. The topological polar surface area (TPSA) is 0 Å². The second-order valence-corrected chi connectivity index (χ2v) is 6.34. The smallest absolute Gasteiger partial charge is 0 e. The molecule has 0 fully saturated rings. The number of hydrogen-bond acceptors (Lipinski definition) is 0. The maximum atomic E-state index is 3.63. The van der Waals surface area contributed by atoms with E-state index < -0.39 is 0 Å². The number of benzene rings is 1. The van der Waals surface area contributed by atoms with E-state index in [4.69, 9.17) is 0 Å². The molecule has 2 aliphatic carbocycles. The Bertz CT molecular complexity index is 603. The van der Waals surface area contributed by atoms with Gasteiger partial charge in [-0.3, -0.25) is 6.08 Å². The van der Waals surface area contributed by atoms with E-state index in [1.54, 1.807) is 16.7 Å². The zero-order valence-corrected chi connectivity index (χ0v) is 24.8. The van der Waals surface area contributed by atoms with Crippen LogP contribution in [-0.4, -0.2) is 0 Å². The second-order valence-electron chi connectivity index (χ2n) is 6.34. The van der Waals surface area contributed by atoms with Gasteiger partial charge in [0.05, 0.1) is 0 Å². The van der Waals surface area contributed by atoms with Crippen molar-refractivity contribution in [3.63, 3.8) is 0 Å². The van der Waals surface area contributed by atoms with E-state index in [9.17, 15) is 0 Å². The van der Waals surface area contributed by atoms with Crippen LogP contribution in [0.2, 0.25) is 0 Å². The minimum absolute atomic E-state index is 0. The van der Waals surface area contributed by atoms with Gasteiger partial charge in [0, 0.05) is 25.8 Å². The summed E-state index contributed by atoms with van der Waals surface area (Å²) in [6, 6.07) is 14.7. The van der Waals surface area contributed by atoms with Crippen LogP contribution in [0.15, 0.2) is 42.5 Å². The van der Waals surface area contributed by atoms with Gasteiger partial charge >= 0.3 is 0 Å². The van der Waals surface area contributed by atoms with Crippen molar-refractivity contribution in [2.24, 2.45) is 0 Å². The Morgan fingerprint density at radius 1 is 0.833 bits per heavy atom. The van der Waals surface area contributed by atoms with E-state index in [0.29, 0.717) is 0 Å². The first-order valence-electron chi connectivity index (χ1n) is 8.80. The van der Waals surface area contributed by atoms with Crippen molar-refractivity contribution in [1.29, 1.82) is 0 Å². The normalized spacial score (nSPS) is 10.9. The molecule has 0 saturated heterocycles. The van der Waals surface area contributed by atoms with Crippen LogP contribution in [0.3, 0.4) is 0 Å². The van der Waals surface area contributed by atoms with Gasteiger partial charge in [0.2, 0.25) is 0 Å². The summed E-state index contributed by atoms with van der Waals surface area (Å²) in [5.74, 6) is 0. The summed E-state index contributed by atoms with van der Waals surface area (Å²) < 4.78 is 0. The Labute approximate surface area is 211 Å². The fourth-order valence-corrected chi connectivity index (χ4v) is 3.61. The van der Waals surface area contributed by atoms with E-state index in [1.165, 1.54) is 56.1 Å². The second kappa shape index (κ2) is 22.9. The molecule has 0 aliphatic heterocycles. The molecule has 0 nitrogen and oxygen atoms in total. The molecule has 0 atom stereocenters. The Kier molecular flexibility index (Phi) is 32.9. The molecule has 0 saturated carbocycles. The van der Waals surface area contributed by atoms with Crippen LogP contribution in [0.5, 0.6) is 0 Å². The molecule has 0 spiro atoms. The van der Waals surface area contributed by atoms with Crippen molar-refractivity contribution in [2.45, 2.75) is 58.3 Å². The number of aryl methyl sites for hydroxylation is 1. The predicted octanol–water partition coefficient (Wildman–Crippen LogP) is 9.05. The summed E-state index contributed by atoms with van der Waals surface area (Å²) in [5.41, 5.74) is 7.96. The molecule has 0 unspecified atom stereocenters. The van der Waals surface area contributed by atoms with Crippen LogP contribution in [0, 0.1) is 58.1 Å². The number of rotatable bonds is 4. The molecule has 2 aromatic carbocycles. The van der Waals surface area contributed by atoms with Crippen LogP contribution in [0.25, 0.3) is 5.57 Å². The predicted molar refractivity (Wildman–Crippen MR) is 140 cm³/mol. The largest absolute Gasteiger partial charge is 0.358 e. The number of hydrogen-bond donors (Lipinski definition) is 0. The van der Waals surface area contributed by atoms with E-state index in [1.807, 2.05) is 30.3 Å². The van der Waals surface area contributed by atoms with Gasteiger partial charge in [-0.15, -0.1) is 17.5 Å². The van der Waals surface area contributed by atoms with Crippen molar-refractivity contribution in [3.8, 4) is 0 Å². The van der Waals surface area contributed by atoms with Gasteiger partial charge in [0.25, 0.3) is 0 Å². The third-order valence-electron chi connectivity index (χ3n) is 4.75. The van der Waals surface area contributed by atoms with Gasteiger partial charge in [0.15, 0.2) is 0 Å². The molecule has 0 radical (unpaired) electrons. The standard InChI is InChI=1S/C17H21.C5H5.7CH3.Hf/c1-2-3-4-6-14-11-12-15-10-9-13-7-5-8-16(13)17(14)15;1-2-4-5-3-1;;;;;;;;/h9-10H,2-8,12H2,1H3;1-5H;7*1H3;/q9*-1;. The molecule has 0 heterocycles. The number of allylic oxidation sites excluding steroid dienone is 2. The molecule has 2 aromatic rings. The number of unbranched alkanes of at least 4 members (excludes halogenated alkanes) is 2. The first-order valence-corrected chi connectivity index (χ1v) is 8.80. The van der Waals surface area contributed by atoms with Gasteiger partial charge in [0.1, 0.15) is 0 Å². The van der Waals surface area contributed by atoms with E-state index in [0.717, 1.165) is 6.42 Å². The van der Waals surface area contributed by atoms with E-state index in [2.05, 4.69) is 25.1 Å². The SMILES string of the molecule is CCCCCC1=[C-]Cc2ccc3c(c21)CCC3.[CH3-].[CH3-].[CH3-].[CH3-].[CH3-].[CH3-].[CH3-].[Hf].c1cc[cH-]c1. The van der Waals surface area contributed by atoms with Crippen molar-refractivity contribution in [1.82, 2.24) is 0 Å². The Hall–Kier alpha value is -0.820. The molecule has 0 bridgehead atoms. The van der Waals surface area contributed by atoms with Crippen molar-refractivity contribution in [3.05, 3.63) is 123 Å². The fourth-order valence-electron chi connectivity index (χ4n) is 3.61. The molecule has 4 rings (SSSR count). The first kappa shape index (κ1) is 43.1. The van der Waals surface area contributed by atoms with Gasteiger partial charge in [-0.1, -0.05) is 50.3 Å². The van der Waals surface area contributed by atoms with Gasteiger partial charge in [-0.05, 0) is 19.3 Å². The molecular weight excluding hydrogens is 527 g/mol. The van der Waals surface area contributed by atoms with Gasteiger partial charge < -0.3 is 52.0 Å². The van der Waals surface area contributed by atoms with Gasteiger partial charge in [-0.2, -0.15) is 23.8 Å². The molecule has 30 heavy (non-hydrogen) atoms. The molecular formula is C29H47Hf-9. The van der Waals surface area contributed by atoms with Crippen LogP contribution in [-0.2, 0) is 45.1 Å². The summed E-state index contributed by atoms with van der Waals surface area (Å²) in [6.45, 7) is 2.28. The average molecular weight is 574 g/mol. The van der Waals surface area contributed by atoms with Crippen LogP contribution in [0.1, 0.15) is 61.3 Å². The van der Waals surface area contributed by atoms with Crippen LogP contribution >= 0.6 is 0 Å². The average Bonchev–Trinajstić information content (AvgIpc) is 3.29. The Morgan fingerprint density at radius 3 is 1.97 bits per heavy atom. The van der Waals surface area contributed by atoms with E-state index >= 15 is 0 Å². The molecule has 1 heteroatoms. The Morgan fingerprint density at radius 2 is 1.43 bits per heavy atom.